The van der Waals surface area contributed by atoms with Crippen LogP contribution < -0.4 is 10.1 Å². The Morgan fingerprint density at radius 3 is 2.52 bits per heavy atom. The first kappa shape index (κ1) is 23.2. The molecule has 2 rings (SSSR count). The molecule has 0 aliphatic heterocycles. The highest BCUT2D eigenvalue weighted by atomic mass is 79.9. The molecule has 0 fully saturated rings. The van der Waals surface area contributed by atoms with E-state index in [2.05, 4.69) is 21.2 Å². The second-order valence-electron chi connectivity index (χ2n) is 7.19. The molecule has 156 valence electrons. The van der Waals surface area contributed by atoms with Crippen molar-refractivity contribution in [3.05, 3.63) is 63.6 Å². The molecule has 0 heterocycles. The van der Waals surface area contributed by atoms with Gasteiger partial charge < -0.3 is 15.0 Å². The van der Waals surface area contributed by atoms with Crippen LogP contribution in [-0.2, 0) is 16.1 Å². The summed E-state index contributed by atoms with van der Waals surface area (Å²) in [4.78, 5) is 27.1. The lowest BCUT2D eigenvalue weighted by Gasteiger charge is -2.29. The highest BCUT2D eigenvalue weighted by Gasteiger charge is 2.26. The number of rotatable bonds is 9. The zero-order valence-electron chi connectivity index (χ0n) is 16.8. The standard InChI is InChI=1S/C22H26BrClN2O3/c1-15(2)12-25-22(28)16(3)26(13-17-7-6-8-18(23)11-17)21(27)14-29-20-10-5-4-9-19(20)24/h4-11,15-16H,12-14H2,1-3H3,(H,25,28). The number of nitrogens with one attached hydrogen (secondary N) is 1. The number of hydrogen-bond acceptors (Lipinski definition) is 3. The van der Waals surface area contributed by atoms with Crippen LogP contribution in [0.1, 0.15) is 26.3 Å². The molecule has 0 aromatic heterocycles. The number of halogens is 2. The van der Waals surface area contributed by atoms with Crippen LogP contribution in [0.4, 0.5) is 0 Å². The lowest BCUT2D eigenvalue weighted by Crippen LogP contribution is -2.49. The minimum absolute atomic E-state index is 0.195. The van der Waals surface area contributed by atoms with E-state index in [0.717, 1.165) is 10.0 Å². The van der Waals surface area contributed by atoms with Crippen LogP contribution >= 0.6 is 27.5 Å². The van der Waals surface area contributed by atoms with Crippen LogP contribution in [0.15, 0.2) is 53.0 Å². The predicted octanol–water partition coefficient (Wildman–Crippen LogP) is 4.67. The van der Waals surface area contributed by atoms with Crippen LogP contribution in [0.5, 0.6) is 5.75 Å². The SMILES string of the molecule is CC(C)CNC(=O)C(C)N(Cc1cccc(Br)c1)C(=O)COc1ccccc1Cl. The number of nitrogens with zero attached hydrogens (tertiary/aromatic N) is 1. The summed E-state index contributed by atoms with van der Waals surface area (Å²) in [6.45, 7) is 6.40. The molecule has 1 atom stereocenters. The van der Waals surface area contributed by atoms with Gasteiger partial charge in [-0.1, -0.05) is 65.6 Å². The number of amides is 2. The van der Waals surface area contributed by atoms with E-state index in [9.17, 15) is 9.59 Å². The summed E-state index contributed by atoms with van der Waals surface area (Å²) in [5.41, 5.74) is 0.911. The summed E-state index contributed by atoms with van der Waals surface area (Å²) >= 11 is 9.54. The van der Waals surface area contributed by atoms with Gasteiger partial charge in [0.15, 0.2) is 6.61 Å². The molecule has 2 aromatic carbocycles. The Balaban J connectivity index is 2.14. The first-order chi connectivity index (χ1) is 13.8. The summed E-state index contributed by atoms with van der Waals surface area (Å²) < 4.78 is 6.51. The van der Waals surface area contributed by atoms with Crippen molar-refractivity contribution in [2.24, 2.45) is 5.92 Å². The minimum Gasteiger partial charge on any atom is -0.482 e. The highest BCUT2D eigenvalue weighted by Crippen LogP contribution is 2.23. The first-order valence-corrected chi connectivity index (χ1v) is 10.6. The topological polar surface area (TPSA) is 58.6 Å². The quantitative estimate of drug-likeness (QED) is 0.566. The molecule has 2 aromatic rings. The molecule has 7 heteroatoms. The van der Waals surface area contributed by atoms with Crippen molar-refractivity contribution in [3.63, 3.8) is 0 Å². The fourth-order valence-electron chi connectivity index (χ4n) is 2.65. The number of carbonyl (C=O) groups is 2. The van der Waals surface area contributed by atoms with Crippen molar-refractivity contribution in [1.29, 1.82) is 0 Å². The van der Waals surface area contributed by atoms with Crippen molar-refractivity contribution in [2.75, 3.05) is 13.2 Å². The maximum absolute atomic E-state index is 13.0. The van der Waals surface area contributed by atoms with Gasteiger partial charge in [0.1, 0.15) is 11.8 Å². The molecule has 2 amide bonds. The average molecular weight is 482 g/mol. The van der Waals surface area contributed by atoms with Crippen LogP contribution in [0.3, 0.4) is 0 Å². The normalized spacial score (nSPS) is 11.8. The zero-order valence-corrected chi connectivity index (χ0v) is 19.2. The van der Waals surface area contributed by atoms with E-state index in [1.807, 2.05) is 38.1 Å². The van der Waals surface area contributed by atoms with Crippen LogP contribution in [0, 0.1) is 5.92 Å². The molecule has 0 aliphatic carbocycles. The van der Waals surface area contributed by atoms with Crippen molar-refractivity contribution in [3.8, 4) is 5.75 Å². The molecular formula is C22H26BrClN2O3. The Morgan fingerprint density at radius 1 is 1.14 bits per heavy atom. The molecule has 1 unspecified atom stereocenters. The maximum Gasteiger partial charge on any atom is 0.261 e. The fraction of sp³-hybridized carbons (Fsp3) is 0.364. The van der Waals surface area contributed by atoms with E-state index in [-0.39, 0.29) is 18.4 Å². The summed E-state index contributed by atoms with van der Waals surface area (Å²) in [6.07, 6.45) is 0. The van der Waals surface area contributed by atoms with E-state index >= 15 is 0 Å². The van der Waals surface area contributed by atoms with Gasteiger partial charge in [-0.2, -0.15) is 0 Å². The van der Waals surface area contributed by atoms with Gasteiger partial charge in [-0.25, -0.2) is 0 Å². The van der Waals surface area contributed by atoms with Gasteiger partial charge in [-0.15, -0.1) is 0 Å². The molecule has 29 heavy (non-hydrogen) atoms. The molecule has 0 saturated carbocycles. The Morgan fingerprint density at radius 2 is 1.86 bits per heavy atom. The van der Waals surface area contributed by atoms with Gasteiger partial charge in [0, 0.05) is 17.6 Å². The van der Waals surface area contributed by atoms with E-state index < -0.39 is 6.04 Å². The van der Waals surface area contributed by atoms with E-state index in [0.29, 0.717) is 29.8 Å². The average Bonchev–Trinajstić information content (AvgIpc) is 2.69. The number of carbonyl (C=O) groups excluding carboxylic acids is 2. The van der Waals surface area contributed by atoms with E-state index in [1.165, 1.54) is 4.90 Å². The Bertz CT molecular complexity index is 844. The Kier molecular flexibility index (Phi) is 8.99. The number of hydrogen-bond donors (Lipinski definition) is 1. The lowest BCUT2D eigenvalue weighted by molar-refractivity contribution is -0.142. The summed E-state index contributed by atoms with van der Waals surface area (Å²) in [5.74, 6) is 0.266. The van der Waals surface area contributed by atoms with Gasteiger partial charge in [0.25, 0.3) is 5.91 Å². The summed E-state index contributed by atoms with van der Waals surface area (Å²) in [6, 6.07) is 14.0. The largest absolute Gasteiger partial charge is 0.482 e. The van der Waals surface area contributed by atoms with Crippen LogP contribution in [0.25, 0.3) is 0 Å². The second kappa shape index (κ2) is 11.2. The molecular weight excluding hydrogens is 456 g/mol. The predicted molar refractivity (Wildman–Crippen MR) is 119 cm³/mol. The van der Waals surface area contributed by atoms with Crippen molar-refractivity contribution < 1.29 is 14.3 Å². The van der Waals surface area contributed by atoms with Crippen LogP contribution in [-0.4, -0.2) is 35.9 Å². The Labute approximate surface area is 185 Å². The third-order valence-corrected chi connectivity index (χ3v) is 5.09. The monoisotopic (exact) mass is 480 g/mol. The van der Waals surface area contributed by atoms with Crippen molar-refractivity contribution >= 4 is 39.3 Å². The molecule has 0 bridgehead atoms. The lowest BCUT2D eigenvalue weighted by atomic mass is 10.1. The first-order valence-electron chi connectivity index (χ1n) is 9.47. The number of ether oxygens (including phenoxy) is 1. The molecule has 5 nitrogen and oxygen atoms in total. The molecule has 0 aliphatic rings. The maximum atomic E-state index is 13.0. The van der Waals surface area contributed by atoms with Gasteiger partial charge in [-0.3, -0.25) is 9.59 Å². The third kappa shape index (κ3) is 7.37. The van der Waals surface area contributed by atoms with Crippen molar-refractivity contribution in [2.45, 2.75) is 33.4 Å². The number of benzene rings is 2. The molecule has 1 N–H and O–H groups in total. The van der Waals surface area contributed by atoms with E-state index in [4.69, 9.17) is 16.3 Å². The second-order valence-corrected chi connectivity index (χ2v) is 8.51. The fourth-order valence-corrected chi connectivity index (χ4v) is 3.29. The Hall–Kier alpha value is -2.05. The summed E-state index contributed by atoms with van der Waals surface area (Å²) in [5, 5.41) is 3.33. The number of para-hydroxylation sites is 1. The van der Waals surface area contributed by atoms with Gasteiger partial charge in [0.2, 0.25) is 5.91 Å². The van der Waals surface area contributed by atoms with Gasteiger partial charge >= 0.3 is 0 Å². The molecule has 0 saturated heterocycles. The third-order valence-electron chi connectivity index (χ3n) is 4.28. The zero-order chi connectivity index (χ0) is 21.4. The smallest absolute Gasteiger partial charge is 0.261 e. The molecule has 0 spiro atoms. The summed E-state index contributed by atoms with van der Waals surface area (Å²) in [7, 11) is 0. The van der Waals surface area contributed by atoms with E-state index in [1.54, 1.807) is 31.2 Å². The highest BCUT2D eigenvalue weighted by molar-refractivity contribution is 9.10. The van der Waals surface area contributed by atoms with Gasteiger partial charge in [0.05, 0.1) is 5.02 Å². The minimum atomic E-state index is -0.643. The van der Waals surface area contributed by atoms with Crippen molar-refractivity contribution in [1.82, 2.24) is 10.2 Å². The molecule has 0 radical (unpaired) electrons. The van der Waals surface area contributed by atoms with Gasteiger partial charge in [-0.05, 0) is 42.7 Å². The van der Waals surface area contributed by atoms with Crippen LogP contribution in [0.2, 0.25) is 5.02 Å².